The van der Waals surface area contributed by atoms with Crippen LogP contribution >= 0.6 is 23.2 Å². The standard InChI is InChI=1S/C21H17Cl2F2N3O/c1-21(24,25)12-27-11-10-17-18(13-6-8-14(22)9-7-13)19(26-28(17)20(27)29)15-4-2-3-5-16(15)23/h2-9H,10-12H2,1H3. The highest BCUT2D eigenvalue weighted by molar-refractivity contribution is 6.33. The Morgan fingerprint density at radius 3 is 2.45 bits per heavy atom. The Kier molecular flexibility index (Phi) is 5.09. The topological polar surface area (TPSA) is 38.1 Å². The van der Waals surface area contributed by atoms with Crippen LogP contribution in [0, 0.1) is 0 Å². The lowest BCUT2D eigenvalue weighted by atomic mass is 9.97. The summed E-state index contributed by atoms with van der Waals surface area (Å²) in [4.78, 5) is 14.0. The van der Waals surface area contributed by atoms with Crippen molar-refractivity contribution in [1.29, 1.82) is 0 Å². The number of rotatable bonds is 4. The summed E-state index contributed by atoms with van der Waals surface area (Å²) < 4.78 is 28.2. The van der Waals surface area contributed by atoms with Crippen molar-refractivity contribution in [3.8, 4) is 22.4 Å². The molecule has 0 unspecified atom stereocenters. The van der Waals surface area contributed by atoms with Gasteiger partial charge in [-0.25, -0.2) is 13.6 Å². The van der Waals surface area contributed by atoms with E-state index in [-0.39, 0.29) is 6.54 Å². The second-order valence-electron chi connectivity index (χ2n) is 7.09. The monoisotopic (exact) mass is 435 g/mol. The molecule has 1 amide bonds. The van der Waals surface area contributed by atoms with Crippen molar-refractivity contribution >= 4 is 29.2 Å². The minimum Gasteiger partial charge on any atom is -0.316 e. The minimum atomic E-state index is -2.98. The van der Waals surface area contributed by atoms with Crippen molar-refractivity contribution in [2.75, 3.05) is 13.1 Å². The summed E-state index contributed by atoms with van der Waals surface area (Å²) in [6.45, 7) is 0.340. The van der Waals surface area contributed by atoms with E-state index in [1.807, 2.05) is 24.3 Å². The van der Waals surface area contributed by atoms with Gasteiger partial charge in [0.1, 0.15) is 5.69 Å². The molecule has 150 valence electrons. The summed E-state index contributed by atoms with van der Waals surface area (Å²) in [5.41, 5.74) is 3.45. The summed E-state index contributed by atoms with van der Waals surface area (Å²) >= 11 is 12.4. The van der Waals surface area contributed by atoms with Crippen LogP contribution < -0.4 is 0 Å². The maximum atomic E-state index is 13.5. The molecule has 2 aromatic carbocycles. The highest BCUT2D eigenvalue weighted by Crippen LogP contribution is 2.39. The van der Waals surface area contributed by atoms with Crippen LogP contribution in [-0.2, 0) is 6.42 Å². The Labute approximate surface area is 176 Å². The number of hydrogen-bond donors (Lipinski definition) is 0. The first kappa shape index (κ1) is 19.9. The van der Waals surface area contributed by atoms with E-state index in [9.17, 15) is 13.6 Å². The zero-order valence-electron chi connectivity index (χ0n) is 15.5. The molecule has 1 aliphatic heterocycles. The van der Waals surface area contributed by atoms with E-state index in [1.54, 1.807) is 24.3 Å². The Bertz CT molecular complexity index is 1070. The van der Waals surface area contributed by atoms with Crippen LogP contribution in [0.5, 0.6) is 0 Å². The van der Waals surface area contributed by atoms with E-state index in [0.717, 1.165) is 23.0 Å². The molecule has 1 aliphatic rings. The zero-order chi connectivity index (χ0) is 20.8. The molecule has 0 atom stereocenters. The number of carbonyl (C=O) groups excluding carboxylic acids is 1. The quantitative estimate of drug-likeness (QED) is 0.503. The lowest BCUT2D eigenvalue weighted by Crippen LogP contribution is -2.46. The first-order valence-corrected chi connectivity index (χ1v) is 9.80. The second-order valence-corrected chi connectivity index (χ2v) is 7.94. The van der Waals surface area contributed by atoms with Gasteiger partial charge in [0.25, 0.3) is 5.92 Å². The maximum absolute atomic E-state index is 13.5. The average molecular weight is 436 g/mol. The van der Waals surface area contributed by atoms with Gasteiger partial charge in [0.15, 0.2) is 0 Å². The number of nitrogens with zero attached hydrogens (tertiary/aromatic N) is 3. The fourth-order valence-electron chi connectivity index (χ4n) is 3.56. The van der Waals surface area contributed by atoms with E-state index >= 15 is 0 Å². The molecule has 1 aromatic heterocycles. The molecule has 0 radical (unpaired) electrons. The summed E-state index contributed by atoms with van der Waals surface area (Å²) in [7, 11) is 0. The number of benzene rings is 2. The first-order valence-electron chi connectivity index (χ1n) is 9.04. The van der Waals surface area contributed by atoms with Crippen LogP contribution in [0.3, 0.4) is 0 Å². The van der Waals surface area contributed by atoms with Gasteiger partial charge in [0.05, 0.1) is 17.3 Å². The first-order chi connectivity index (χ1) is 13.7. The normalized spacial score (nSPS) is 14.2. The molecule has 0 spiro atoms. The Balaban J connectivity index is 1.89. The van der Waals surface area contributed by atoms with Gasteiger partial charge in [-0.3, -0.25) is 0 Å². The summed E-state index contributed by atoms with van der Waals surface area (Å²) in [6.07, 6.45) is 0.400. The number of fused-ring (bicyclic) bond motifs is 1. The number of carbonyl (C=O) groups is 1. The predicted molar refractivity (Wildman–Crippen MR) is 110 cm³/mol. The van der Waals surface area contributed by atoms with Crippen LogP contribution in [0.2, 0.25) is 10.0 Å². The van der Waals surface area contributed by atoms with Crippen molar-refractivity contribution < 1.29 is 13.6 Å². The van der Waals surface area contributed by atoms with Crippen LogP contribution in [0.25, 0.3) is 22.4 Å². The lowest BCUT2D eigenvalue weighted by Gasteiger charge is -2.29. The Morgan fingerprint density at radius 1 is 1.10 bits per heavy atom. The minimum absolute atomic E-state index is 0.191. The van der Waals surface area contributed by atoms with Crippen molar-refractivity contribution in [2.24, 2.45) is 0 Å². The molecule has 29 heavy (non-hydrogen) atoms. The molecular formula is C21H17Cl2F2N3O. The van der Waals surface area contributed by atoms with Gasteiger partial charge in [-0.1, -0.05) is 53.5 Å². The molecule has 0 saturated heterocycles. The highest BCUT2D eigenvalue weighted by Gasteiger charge is 2.35. The molecule has 4 rings (SSSR count). The molecular weight excluding hydrogens is 419 g/mol. The number of hydrogen-bond acceptors (Lipinski definition) is 2. The fraction of sp³-hybridized carbons (Fsp3) is 0.238. The number of aromatic nitrogens is 2. The summed E-state index contributed by atoms with van der Waals surface area (Å²) in [6, 6.07) is 13.8. The molecule has 0 bridgehead atoms. The van der Waals surface area contributed by atoms with E-state index < -0.39 is 18.5 Å². The number of alkyl halides is 2. The van der Waals surface area contributed by atoms with Crippen LogP contribution in [0.4, 0.5) is 13.6 Å². The maximum Gasteiger partial charge on any atom is 0.345 e. The van der Waals surface area contributed by atoms with Gasteiger partial charge < -0.3 is 4.90 Å². The van der Waals surface area contributed by atoms with Gasteiger partial charge in [0.2, 0.25) is 0 Å². The van der Waals surface area contributed by atoms with Crippen LogP contribution in [0.15, 0.2) is 48.5 Å². The van der Waals surface area contributed by atoms with E-state index in [0.29, 0.717) is 33.4 Å². The van der Waals surface area contributed by atoms with Crippen molar-refractivity contribution in [1.82, 2.24) is 14.7 Å². The zero-order valence-corrected chi connectivity index (χ0v) is 17.0. The van der Waals surface area contributed by atoms with Crippen molar-refractivity contribution in [3.63, 3.8) is 0 Å². The molecule has 0 N–H and O–H groups in total. The van der Waals surface area contributed by atoms with Gasteiger partial charge in [-0.15, -0.1) is 0 Å². The fourth-order valence-corrected chi connectivity index (χ4v) is 3.91. The molecule has 0 aliphatic carbocycles. The van der Waals surface area contributed by atoms with Crippen LogP contribution in [-0.4, -0.2) is 39.7 Å². The van der Waals surface area contributed by atoms with Gasteiger partial charge in [-0.05, 0) is 23.8 Å². The predicted octanol–water partition coefficient (Wildman–Crippen LogP) is 6.01. The molecule has 0 saturated carbocycles. The Hall–Kier alpha value is -2.44. The third-order valence-electron chi connectivity index (χ3n) is 4.78. The third-order valence-corrected chi connectivity index (χ3v) is 5.36. The lowest BCUT2D eigenvalue weighted by molar-refractivity contribution is -0.00595. The van der Waals surface area contributed by atoms with Crippen molar-refractivity contribution in [3.05, 3.63) is 64.3 Å². The summed E-state index contributed by atoms with van der Waals surface area (Å²) in [5, 5.41) is 5.58. The largest absolute Gasteiger partial charge is 0.345 e. The highest BCUT2D eigenvalue weighted by atomic mass is 35.5. The number of halogens is 4. The van der Waals surface area contributed by atoms with Gasteiger partial charge in [0, 0.05) is 36.0 Å². The van der Waals surface area contributed by atoms with Crippen molar-refractivity contribution in [2.45, 2.75) is 19.3 Å². The molecule has 4 nitrogen and oxygen atoms in total. The molecule has 0 fully saturated rings. The van der Waals surface area contributed by atoms with Gasteiger partial charge in [-0.2, -0.15) is 9.78 Å². The van der Waals surface area contributed by atoms with E-state index in [4.69, 9.17) is 23.2 Å². The second kappa shape index (κ2) is 7.43. The smallest absolute Gasteiger partial charge is 0.316 e. The number of amides is 1. The average Bonchev–Trinajstić information content (AvgIpc) is 3.04. The van der Waals surface area contributed by atoms with E-state index in [1.165, 1.54) is 4.68 Å². The van der Waals surface area contributed by atoms with E-state index in [2.05, 4.69) is 5.10 Å². The molecule has 2 heterocycles. The summed E-state index contributed by atoms with van der Waals surface area (Å²) in [5.74, 6) is -2.98. The Morgan fingerprint density at radius 2 is 1.79 bits per heavy atom. The van der Waals surface area contributed by atoms with Crippen LogP contribution in [0.1, 0.15) is 12.6 Å². The molecule has 3 aromatic rings. The van der Waals surface area contributed by atoms with Gasteiger partial charge >= 0.3 is 6.03 Å². The SMILES string of the molecule is CC(F)(F)CN1CCc2c(-c3ccc(Cl)cc3)c(-c3ccccc3Cl)nn2C1=O. The third kappa shape index (κ3) is 3.87. The molecule has 8 heteroatoms.